The van der Waals surface area contributed by atoms with E-state index < -0.39 is 0 Å². The molecule has 1 unspecified atom stereocenters. The Hall–Kier alpha value is -1.09. The first-order valence-electron chi connectivity index (χ1n) is 8.27. The molecule has 0 bridgehead atoms. The van der Waals surface area contributed by atoms with Crippen molar-refractivity contribution in [2.45, 2.75) is 65.0 Å². The number of rotatable bonds is 6. The van der Waals surface area contributed by atoms with Gasteiger partial charge in [-0.25, -0.2) is 0 Å². The molecule has 1 aliphatic heterocycles. The second-order valence-corrected chi connectivity index (χ2v) is 5.79. The highest BCUT2D eigenvalue weighted by Gasteiger charge is 2.21. The zero-order chi connectivity index (χ0) is 14.2. The van der Waals surface area contributed by atoms with E-state index in [0.29, 0.717) is 6.04 Å². The van der Waals surface area contributed by atoms with Crippen LogP contribution in [0.25, 0.3) is 0 Å². The van der Waals surface area contributed by atoms with Crippen molar-refractivity contribution in [2.24, 2.45) is 0 Å². The van der Waals surface area contributed by atoms with Crippen molar-refractivity contribution < 1.29 is 0 Å². The molecule has 0 aromatic carbocycles. The van der Waals surface area contributed by atoms with Gasteiger partial charge in [0.1, 0.15) is 0 Å². The van der Waals surface area contributed by atoms with Gasteiger partial charge in [-0.3, -0.25) is 4.98 Å². The number of anilines is 1. The Kier molecular flexibility index (Phi) is 6.31. The van der Waals surface area contributed by atoms with Gasteiger partial charge in [0.05, 0.1) is 11.9 Å². The molecule has 1 fully saturated rings. The van der Waals surface area contributed by atoms with Crippen LogP contribution in [0.2, 0.25) is 0 Å². The molecular formula is C17H29N3. The average Bonchev–Trinajstić information content (AvgIpc) is 2.73. The van der Waals surface area contributed by atoms with E-state index in [4.69, 9.17) is 0 Å². The van der Waals surface area contributed by atoms with E-state index in [-0.39, 0.29) is 0 Å². The number of hydrogen-bond donors (Lipinski definition) is 1. The van der Waals surface area contributed by atoms with Gasteiger partial charge in [0.25, 0.3) is 0 Å². The summed E-state index contributed by atoms with van der Waals surface area (Å²) >= 11 is 0. The van der Waals surface area contributed by atoms with Crippen molar-refractivity contribution in [3.05, 3.63) is 24.0 Å². The zero-order valence-corrected chi connectivity index (χ0v) is 13.1. The van der Waals surface area contributed by atoms with Crippen LogP contribution < -0.4 is 10.2 Å². The summed E-state index contributed by atoms with van der Waals surface area (Å²) in [5, 5.41) is 3.52. The monoisotopic (exact) mass is 275 g/mol. The molecular weight excluding hydrogens is 246 g/mol. The highest BCUT2D eigenvalue weighted by molar-refractivity contribution is 5.52. The zero-order valence-electron chi connectivity index (χ0n) is 13.1. The molecule has 1 aliphatic rings. The Bertz CT molecular complexity index is 392. The molecule has 1 N–H and O–H groups in total. The largest absolute Gasteiger partial charge is 0.367 e. The number of aromatic nitrogens is 1. The Morgan fingerprint density at radius 3 is 3.00 bits per heavy atom. The van der Waals surface area contributed by atoms with Gasteiger partial charge in [0.15, 0.2) is 0 Å². The van der Waals surface area contributed by atoms with Crippen LogP contribution in [0.3, 0.4) is 0 Å². The first kappa shape index (κ1) is 15.3. The molecule has 0 saturated carbocycles. The Balaban J connectivity index is 2.16. The first-order valence-corrected chi connectivity index (χ1v) is 8.27. The number of pyridine rings is 1. The first-order chi connectivity index (χ1) is 9.86. The number of nitrogens with zero attached hydrogens (tertiary/aromatic N) is 2. The van der Waals surface area contributed by atoms with Crippen molar-refractivity contribution in [1.29, 1.82) is 0 Å². The molecule has 112 valence electrons. The minimum atomic E-state index is 0.687. The molecule has 3 nitrogen and oxygen atoms in total. The van der Waals surface area contributed by atoms with Crippen LogP contribution in [-0.2, 0) is 6.54 Å². The normalized spacial score (nSPS) is 19.9. The van der Waals surface area contributed by atoms with E-state index in [9.17, 15) is 0 Å². The second-order valence-electron chi connectivity index (χ2n) is 5.79. The summed E-state index contributed by atoms with van der Waals surface area (Å²) in [6, 6.07) is 2.86. The predicted molar refractivity (Wildman–Crippen MR) is 86.1 cm³/mol. The minimum Gasteiger partial charge on any atom is -0.367 e. The maximum atomic E-state index is 4.38. The van der Waals surface area contributed by atoms with Crippen molar-refractivity contribution in [3.8, 4) is 0 Å². The third kappa shape index (κ3) is 3.95. The van der Waals surface area contributed by atoms with Crippen LogP contribution >= 0.6 is 0 Å². The molecule has 0 amide bonds. The van der Waals surface area contributed by atoms with Crippen LogP contribution in [-0.4, -0.2) is 24.1 Å². The molecule has 1 saturated heterocycles. The quantitative estimate of drug-likeness (QED) is 0.802. The Labute approximate surface area is 123 Å². The minimum absolute atomic E-state index is 0.687. The molecule has 1 aromatic heterocycles. The van der Waals surface area contributed by atoms with Crippen LogP contribution in [0.5, 0.6) is 0 Å². The smallest absolute Gasteiger partial charge is 0.0600 e. The van der Waals surface area contributed by atoms with Gasteiger partial charge in [0, 0.05) is 25.3 Å². The summed E-state index contributed by atoms with van der Waals surface area (Å²) in [5.74, 6) is 0. The maximum absolute atomic E-state index is 4.38. The molecule has 0 aliphatic carbocycles. The summed E-state index contributed by atoms with van der Waals surface area (Å²) in [4.78, 5) is 6.99. The number of hydrogen-bond acceptors (Lipinski definition) is 3. The SMILES string of the molecule is CCCNCc1ccncc1N1CCCCCC1CC. The van der Waals surface area contributed by atoms with Gasteiger partial charge in [-0.05, 0) is 43.9 Å². The van der Waals surface area contributed by atoms with Crippen LogP contribution in [0.1, 0.15) is 57.9 Å². The van der Waals surface area contributed by atoms with Crippen molar-refractivity contribution in [2.75, 3.05) is 18.0 Å². The lowest BCUT2D eigenvalue weighted by molar-refractivity contribution is 0.553. The molecule has 2 rings (SSSR count). The molecule has 20 heavy (non-hydrogen) atoms. The highest BCUT2D eigenvalue weighted by Crippen LogP contribution is 2.28. The van der Waals surface area contributed by atoms with Crippen molar-refractivity contribution >= 4 is 5.69 Å². The molecule has 0 radical (unpaired) electrons. The lowest BCUT2D eigenvalue weighted by atomic mass is 10.1. The van der Waals surface area contributed by atoms with Crippen molar-refractivity contribution in [1.82, 2.24) is 10.3 Å². The van der Waals surface area contributed by atoms with E-state index in [2.05, 4.69) is 41.3 Å². The topological polar surface area (TPSA) is 28.2 Å². The highest BCUT2D eigenvalue weighted by atomic mass is 15.2. The lowest BCUT2D eigenvalue weighted by Crippen LogP contribution is -2.35. The van der Waals surface area contributed by atoms with E-state index >= 15 is 0 Å². The summed E-state index contributed by atoms with van der Waals surface area (Å²) in [6.07, 6.45) is 11.8. The Morgan fingerprint density at radius 2 is 2.20 bits per heavy atom. The van der Waals surface area contributed by atoms with E-state index in [0.717, 1.165) is 13.1 Å². The third-order valence-electron chi connectivity index (χ3n) is 4.29. The lowest BCUT2D eigenvalue weighted by Gasteiger charge is -2.33. The summed E-state index contributed by atoms with van der Waals surface area (Å²) < 4.78 is 0. The van der Waals surface area contributed by atoms with E-state index in [1.165, 1.54) is 56.3 Å². The molecule has 1 aromatic rings. The standard InChI is InChI=1S/C17H29N3/c1-3-10-18-13-15-9-11-19-14-17(15)20-12-7-5-6-8-16(20)4-2/h9,11,14,16,18H,3-8,10,12-13H2,1-2H3. The van der Waals surface area contributed by atoms with Gasteiger partial charge in [0.2, 0.25) is 0 Å². The van der Waals surface area contributed by atoms with Crippen LogP contribution in [0.15, 0.2) is 18.5 Å². The van der Waals surface area contributed by atoms with Crippen LogP contribution in [0, 0.1) is 0 Å². The van der Waals surface area contributed by atoms with Crippen LogP contribution in [0.4, 0.5) is 5.69 Å². The van der Waals surface area contributed by atoms with Gasteiger partial charge < -0.3 is 10.2 Å². The molecule has 3 heteroatoms. The summed E-state index contributed by atoms with van der Waals surface area (Å²) in [5.41, 5.74) is 2.75. The van der Waals surface area contributed by atoms with Gasteiger partial charge in [-0.15, -0.1) is 0 Å². The fourth-order valence-electron chi connectivity index (χ4n) is 3.14. The van der Waals surface area contributed by atoms with Gasteiger partial charge in [-0.2, -0.15) is 0 Å². The van der Waals surface area contributed by atoms with Gasteiger partial charge >= 0.3 is 0 Å². The predicted octanol–water partition coefficient (Wildman–Crippen LogP) is 3.74. The van der Waals surface area contributed by atoms with Crippen molar-refractivity contribution in [3.63, 3.8) is 0 Å². The molecule has 1 atom stereocenters. The molecule has 2 heterocycles. The van der Waals surface area contributed by atoms with Gasteiger partial charge in [-0.1, -0.05) is 26.7 Å². The Morgan fingerprint density at radius 1 is 1.30 bits per heavy atom. The number of nitrogens with one attached hydrogen (secondary N) is 1. The second kappa shape index (κ2) is 8.25. The summed E-state index contributed by atoms with van der Waals surface area (Å²) in [6.45, 7) is 7.75. The fraction of sp³-hybridized carbons (Fsp3) is 0.706. The maximum Gasteiger partial charge on any atom is 0.0600 e. The average molecular weight is 275 g/mol. The fourth-order valence-corrected chi connectivity index (χ4v) is 3.14. The molecule has 0 spiro atoms. The van der Waals surface area contributed by atoms with E-state index in [1.807, 2.05) is 6.20 Å². The van der Waals surface area contributed by atoms with E-state index in [1.54, 1.807) is 0 Å². The third-order valence-corrected chi connectivity index (χ3v) is 4.29. The summed E-state index contributed by atoms with van der Waals surface area (Å²) in [7, 11) is 0.